The minimum atomic E-state index is -1.63. The minimum absolute atomic E-state index is 0.0329. The highest BCUT2D eigenvalue weighted by Crippen LogP contribution is 2.06. The smallest absolute Gasteiger partial charge is 0.328 e. The van der Waals surface area contributed by atoms with E-state index in [1.54, 1.807) is 13.8 Å². The molecule has 0 spiro atoms. The maximum atomic E-state index is 12.5. The van der Waals surface area contributed by atoms with Gasteiger partial charge in [0.05, 0.1) is 19.3 Å². The van der Waals surface area contributed by atoms with Crippen LogP contribution in [0, 0.1) is 5.92 Å². The lowest BCUT2D eigenvalue weighted by Crippen LogP contribution is -2.59. The van der Waals surface area contributed by atoms with Crippen molar-refractivity contribution in [3.05, 3.63) is 0 Å². The van der Waals surface area contributed by atoms with E-state index < -0.39 is 67.2 Å². The van der Waals surface area contributed by atoms with Crippen molar-refractivity contribution in [3.63, 3.8) is 0 Å². The molecule has 5 atom stereocenters. The van der Waals surface area contributed by atoms with E-state index in [1.165, 1.54) is 0 Å². The first-order chi connectivity index (χ1) is 12.9. The van der Waals surface area contributed by atoms with Crippen LogP contribution in [0.15, 0.2) is 0 Å². The summed E-state index contributed by atoms with van der Waals surface area (Å²) in [6.45, 7) is 3.26. The van der Waals surface area contributed by atoms with Crippen LogP contribution in [-0.2, 0) is 19.2 Å². The van der Waals surface area contributed by atoms with Crippen LogP contribution in [-0.4, -0.2) is 87.6 Å². The van der Waals surface area contributed by atoms with Crippen molar-refractivity contribution < 1.29 is 39.6 Å². The fraction of sp³-hybridized carbons (Fsp3) is 0.750. The number of rotatable bonds is 12. The number of aliphatic hydroxyl groups is 3. The van der Waals surface area contributed by atoms with Crippen LogP contribution in [0.25, 0.3) is 0 Å². The van der Waals surface area contributed by atoms with E-state index in [0.717, 1.165) is 6.92 Å². The Labute approximate surface area is 162 Å². The molecule has 12 nitrogen and oxygen atoms in total. The van der Waals surface area contributed by atoms with Gasteiger partial charge in [-0.25, -0.2) is 4.79 Å². The molecule has 0 aromatic heterocycles. The molecule has 0 bridgehead atoms. The number of nitrogens with two attached hydrogens (primary N) is 1. The second-order valence-electron chi connectivity index (χ2n) is 6.79. The zero-order valence-electron chi connectivity index (χ0n) is 16.1. The minimum Gasteiger partial charge on any atom is -0.480 e. The third kappa shape index (κ3) is 8.61. The van der Waals surface area contributed by atoms with Gasteiger partial charge in [0, 0.05) is 0 Å². The van der Waals surface area contributed by atoms with Crippen LogP contribution in [0.3, 0.4) is 0 Å². The average Bonchev–Trinajstić information content (AvgIpc) is 2.61. The highest BCUT2D eigenvalue weighted by molar-refractivity contribution is 5.94. The number of nitrogens with one attached hydrogen (secondary N) is 3. The molecule has 0 aliphatic rings. The highest BCUT2D eigenvalue weighted by atomic mass is 16.4. The molecule has 0 aliphatic carbocycles. The maximum absolute atomic E-state index is 12.5. The van der Waals surface area contributed by atoms with Gasteiger partial charge in [-0.2, -0.15) is 0 Å². The Morgan fingerprint density at radius 2 is 1.36 bits per heavy atom. The van der Waals surface area contributed by atoms with Crippen molar-refractivity contribution in [1.29, 1.82) is 0 Å². The Morgan fingerprint density at radius 3 is 1.75 bits per heavy atom. The molecule has 0 aromatic rings. The Morgan fingerprint density at radius 1 is 0.857 bits per heavy atom. The number of hydrogen-bond donors (Lipinski definition) is 8. The molecule has 0 saturated carbocycles. The highest BCUT2D eigenvalue weighted by Gasteiger charge is 2.31. The number of carboxylic acid groups (broad SMARTS) is 1. The first kappa shape index (κ1) is 25.7. The van der Waals surface area contributed by atoms with Gasteiger partial charge in [0.2, 0.25) is 17.7 Å². The molecule has 0 fully saturated rings. The van der Waals surface area contributed by atoms with Crippen molar-refractivity contribution >= 4 is 23.7 Å². The largest absolute Gasteiger partial charge is 0.480 e. The summed E-state index contributed by atoms with van der Waals surface area (Å²) in [5, 5.41) is 43.3. The van der Waals surface area contributed by atoms with Crippen LogP contribution in [0.1, 0.15) is 27.2 Å². The van der Waals surface area contributed by atoms with Gasteiger partial charge in [0.1, 0.15) is 18.1 Å². The van der Waals surface area contributed by atoms with Crippen molar-refractivity contribution in [3.8, 4) is 0 Å². The lowest BCUT2D eigenvalue weighted by molar-refractivity contribution is -0.145. The quantitative estimate of drug-likeness (QED) is 0.160. The third-order valence-electron chi connectivity index (χ3n) is 3.74. The van der Waals surface area contributed by atoms with Gasteiger partial charge < -0.3 is 42.1 Å². The van der Waals surface area contributed by atoms with E-state index in [2.05, 4.69) is 10.6 Å². The van der Waals surface area contributed by atoms with Crippen LogP contribution in [0.2, 0.25) is 0 Å². The van der Waals surface area contributed by atoms with Crippen LogP contribution in [0.5, 0.6) is 0 Å². The molecule has 0 rings (SSSR count). The summed E-state index contributed by atoms with van der Waals surface area (Å²) in [5.74, 6) is -4.12. The Hall–Kier alpha value is -2.28. The second-order valence-corrected chi connectivity index (χ2v) is 6.79. The molecule has 9 N–H and O–H groups in total. The normalized spacial score (nSPS) is 16.4. The molecule has 12 heteroatoms. The molecular weight excluding hydrogens is 376 g/mol. The molecule has 0 heterocycles. The van der Waals surface area contributed by atoms with E-state index in [0.29, 0.717) is 0 Å². The van der Waals surface area contributed by atoms with Gasteiger partial charge in [-0.15, -0.1) is 0 Å². The molecule has 3 amide bonds. The van der Waals surface area contributed by atoms with Gasteiger partial charge in [-0.05, 0) is 19.3 Å². The Bertz CT molecular complexity index is 555. The van der Waals surface area contributed by atoms with Gasteiger partial charge in [0.25, 0.3) is 0 Å². The van der Waals surface area contributed by atoms with Crippen LogP contribution < -0.4 is 21.7 Å². The lowest BCUT2D eigenvalue weighted by Gasteiger charge is -2.25. The zero-order valence-corrected chi connectivity index (χ0v) is 16.1. The fourth-order valence-corrected chi connectivity index (χ4v) is 2.17. The molecule has 0 aliphatic heterocycles. The Kier molecular flexibility index (Phi) is 11.2. The molecule has 0 aromatic carbocycles. The summed E-state index contributed by atoms with van der Waals surface area (Å²) in [4.78, 5) is 47.5. The first-order valence-electron chi connectivity index (χ1n) is 8.73. The van der Waals surface area contributed by atoms with Crippen LogP contribution in [0.4, 0.5) is 0 Å². The number of amides is 3. The van der Waals surface area contributed by atoms with Crippen LogP contribution >= 0.6 is 0 Å². The summed E-state index contributed by atoms with van der Waals surface area (Å²) in [5.41, 5.74) is 5.41. The monoisotopic (exact) mass is 406 g/mol. The standard InChI is InChI=1S/C16H30N4O8/c1-7(2)4-10(18-13(24)9(17)5-21)14(25)19-11(6-22)15(26)20-12(8(3)23)16(27)28/h7-12,21-23H,4-6,17H2,1-3H3,(H,18,24)(H,19,25)(H,20,26)(H,27,28). The predicted molar refractivity (Wildman–Crippen MR) is 96.7 cm³/mol. The van der Waals surface area contributed by atoms with Gasteiger partial charge in [0.15, 0.2) is 6.04 Å². The molecule has 0 radical (unpaired) electrons. The van der Waals surface area contributed by atoms with Crippen molar-refractivity contribution in [2.24, 2.45) is 11.7 Å². The van der Waals surface area contributed by atoms with E-state index >= 15 is 0 Å². The van der Waals surface area contributed by atoms with E-state index in [4.69, 9.17) is 15.9 Å². The number of hydrogen-bond acceptors (Lipinski definition) is 8. The molecular formula is C16H30N4O8. The SMILES string of the molecule is CC(C)CC(NC(=O)C(N)CO)C(=O)NC(CO)C(=O)NC(C(=O)O)C(C)O. The summed E-state index contributed by atoms with van der Waals surface area (Å²) in [7, 11) is 0. The molecule has 28 heavy (non-hydrogen) atoms. The zero-order chi connectivity index (χ0) is 22.0. The summed E-state index contributed by atoms with van der Waals surface area (Å²) < 4.78 is 0. The van der Waals surface area contributed by atoms with Gasteiger partial charge >= 0.3 is 5.97 Å². The van der Waals surface area contributed by atoms with E-state index in [1.807, 2.05) is 5.32 Å². The van der Waals surface area contributed by atoms with Crippen molar-refractivity contribution in [1.82, 2.24) is 16.0 Å². The summed E-state index contributed by atoms with van der Waals surface area (Å²) in [6.07, 6.45) is -1.23. The molecule has 162 valence electrons. The number of carbonyl (C=O) groups is 4. The molecule has 0 saturated heterocycles. The Balaban J connectivity index is 5.19. The van der Waals surface area contributed by atoms with Gasteiger partial charge in [-0.1, -0.05) is 13.8 Å². The number of carbonyl (C=O) groups excluding carboxylic acids is 3. The van der Waals surface area contributed by atoms with Crippen molar-refractivity contribution in [2.45, 2.75) is 57.5 Å². The van der Waals surface area contributed by atoms with E-state index in [-0.39, 0.29) is 12.3 Å². The number of aliphatic hydroxyl groups excluding tert-OH is 3. The maximum Gasteiger partial charge on any atom is 0.328 e. The lowest BCUT2D eigenvalue weighted by atomic mass is 10.0. The van der Waals surface area contributed by atoms with E-state index in [9.17, 15) is 29.4 Å². The number of aliphatic carboxylic acids is 1. The first-order valence-corrected chi connectivity index (χ1v) is 8.73. The fourth-order valence-electron chi connectivity index (χ4n) is 2.17. The predicted octanol–water partition coefficient (Wildman–Crippen LogP) is -3.74. The summed E-state index contributed by atoms with van der Waals surface area (Å²) in [6, 6.07) is -5.47. The molecule has 5 unspecified atom stereocenters. The average molecular weight is 406 g/mol. The second kappa shape index (κ2) is 12.2. The third-order valence-corrected chi connectivity index (χ3v) is 3.74. The van der Waals surface area contributed by atoms with Gasteiger partial charge in [-0.3, -0.25) is 14.4 Å². The van der Waals surface area contributed by atoms with Crippen molar-refractivity contribution in [2.75, 3.05) is 13.2 Å². The summed E-state index contributed by atoms with van der Waals surface area (Å²) >= 11 is 0. The topological polar surface area (TPSA) is 211 Å². The number of carboxylic acids is 1.